The minimum Gasteiger partial charge on any atom is -0.379 e. The van der Waals surface area contributed by atoms with Gasteiger partial charge in [-0.2, -0.15) is 8.42 Å². The molecule has 4 rings (SSSR count). The highest BCUT2D eigenvalue weighted by Crippen LogP contribution is 2.29. The van der Waals surface area contributed by atoms with Crippen molar-refractivity contribution >= 4 is 44.1 Å². The summed E-state index contributed by atoms with van der Waals surface area (Å²) in [5, 5.41) is 10.8. The molecule has 1 heterocycles. The van der Waals surface area contributed by atoms with Gasteiger partial charge in [0.1, 0.15) is 32.9 Å². The largest absolute Gasteiger partial charge is 0.379 e. The molecule has 1 N–H and O–H groups in total. The number of carbonyl (C=O) groups is 1. The Balaban J connectivity index is 1.47. The molecule has 0 bridgehead atoms. The predicted molar refractivity (Wildman–Crippen MR) is 119 cm³/mol. The van der Waals surface area contributed by atoms with Crippen LogP contribution >= 0.6 is 22.9 Å². The van der Waals surface area contributed by atoms with Crippen LogP contribution in [-0.2, 0) is 10.1 Å². The monoisotopic (exact) mass is 507 g/mol. The fraction of sp³-hybridized carbons (Fsp3) is 0. The second-order valence-corrected chi connectivity index (χ2v) is 9.44. The first-order valence-electron chi connectivity index (χ1n) is 9.12. The molecule has 3 aromatic carbocycles. The molecule has 7 nitrogen and oxygen atoms in total. The lowest BCUT2D eigenvalue weighted by Gasteiger charge is -2.07. The van der Waals surface area contributed by atoms with Gasteiger partial charge in [0.25, 0.3) is 5.91 Å². The second-order valence-electron chi connectivity index (χ2n) is 6.48. The Labute approximate surface area is 195 Å². The van der Waals surface area contributed by atoms with Gasteiger partial charge in [-0.3, -0.25) is 10.1 Å². The minimum absolute atomic E-state index is 0.0308. The predicted octanol–water partition coefficient (Wildman–Crippen LogP) is 5.16. The third-order valence-electron chi connectivity index (χ3n) is 4.24. The Bertz CT molecular complexity index is 1410. The Morgan fingerprint density at radius 1 is 0.939 bits per heavy atom. The van der Waals surface area contributed by atoms with E-state index >= 15 is 0 Å². The smallest absolute Gasteiger partial charge is 0.339 e. The zero-order valence-electron chi connectivity index (χ0n) is 16.3. The van der Waals surface area contributed by atoms with Crippen molar-refractivity contribution in [3.63, 3.8) is 0 Å². The third-order valence-corrected chi connectivity index (χ3v) is 6.65. The van der Waals surface area contributed by atoms with Gasteiger partial charge in [0.15, 0.2) is 0 Å². The van der Waals surface area contributed by atoms with Crippen molar-refractivity contribution < 1.29 is 26.2 Å². The zero-order chi connectivity index (χ0) is 23.6. The highest BCUT2D eigenvalue weighted by atomic mass is 35.5. The summed E-state index contributed by atoms with van der Waals surface area (Å²) in [5.41, 5.74) is -0.168. The van der Waals surface area contributed by atoms with E-state index in [-0.39, 0.29) is 15.8 Å². The number of amides is 1. The number of anilines is 1. The van der Waals surface area contributed by atoms with E-state index in [4.69, 9.17) is 15.8 Å². The number of rotatable bonds is 6. The van der Waals surface area contributed by atoms with Crippen molar-refractivity contribution in [3.05, 3.63) is 89.0 Å². The Morgan fingerprint density at radius 3 is 2.21 bits per heavy atom. The lowest BCUT2D eigenvalue weighted by molar-refractivity contribution is 0.101. The van der Waals surface area contributed by atoms with Gasteiger partial charge in [-0.15, -0.1) is 10.2 Å². The number of halogens is 3. The van der Waals surface area contributed by atoms with Gasteiger partial charge in [0.2, 0.25) is 5.13 Å². The number of benzene rings is 3. The average Bonchev–Trinajstić information content (AvgIpc) is 3.22. The third kappa shape index (κ3) is 5.16. The SMILES string of the molecule is O=C(Nc1nnc(-c2ccc(OS(=O)(=O)c3ccc(Cl)cc3)cc2)s1)c1c(F)cccc1F. The molecule has 1 aromatic heterocycles. The minimum atomic E-state index is -4.04. The zero-order valence-corrected chi connectivity index (χ0v) is 18.7. The lowest BCUT2D eigenvalue weighted by Crippen LogP contribution is -2.15. The molecule has 0 aliphatic heterocycles. The molecule has 0 atom stereocenters. The molecule has 4 aromatic rings. The Hall–Kier alpha value is -3.41. The number of aromatic nitrogens is 2. The Kier molecular flexibility index (Phi) is 6.36. The summed E-state index contributed by atoms with van der Waals surface area (Å²) in [7, 11) is -4.04. The molecular weight excluding hydrogens is 496 g/mol. The molecule has 168 valence electrons. The summed E-state index contributed by atoms with van der Waals surface area (Å²) in [4.78, 5) is 12.1. The summed E-state index contributed by atoms with van der Waals surface area (Å²) in [6.45, 7) is 0. The van der Waals surface area contributed by atoms with Gasteiger partial charge in [-0.25, -0.2) is 8.78 Å². The molecule has 33 heavy (non-hydrogen) atoms. The van der Waals surface area contributed by atoms with Gasteiger partial charge in [-0.1, -0.05) is 29.0 Å². The van der Waals surface area contributed by atoms with Crippen molar-refractivity contribution in [1.29, 1.82) is 0 Å². The number of hydrogen-bond donors (Lipinski definition) is 1. The first-order chi connectivity index (χ1) is 15.7. The summed E-state index contributed by atoms with van der Waals surface area (Å²) in [6.07, 6.45) is 0. The van der Waals surface area contributed by atoms with Crippen LogP contribution in [0, 0.1) is 11.6 Å². The van der Waals surface area contributed by atoms with Crippen LogP contribution in [0.2, 0.25) is 5.02 Å². The molecule has 12 heteroatoms. The average molecular weight is 508 g/mol. The first-order valence-corrected chi connectivity index (χ1v) is 11.7. The fourth-order valence-electron chi connectivity index (χ4n) is 2.69. The van der Waals surface area contributed by atoms with E-state index < -0.39 is 33.2 Å². The molecular formula is C21H12ClF2N3O4S2. The van der Waals surface area contributed by atoms with E-state index in [0.29, 0.717) is 15.6 Å². The molecule has 0 radical (unpaired) electrons. The van der Waals surface area contributed by atoms with Crippen LogP contribution in [-0.4, -0.2) is 24.5 Å². The van der Waals surface area contributed by atoms with E-state index in [2.05, 4.69) is 15.5 Å². The van der Waals surface area contributed by atoms with Gasteiger partial charge in [0.05, 0.1) is 0 Å². The maximum Gasteiger partial charge on any atom is 0.339 e. The molecule has 0 aliphatic carbocycles. The first kappa shape index (κ1) is 22.8. The maximum absolute atomic E-state index is 13.8. The van der Waals surface area contributed by atoms with E-state index in [0.717, 1.165) is 29.5 Å². The summed E-state index contributed by atoms with van der Waals surface area (Å²) >= 11 is 6.74. The Morgan fingerprint density at radius 2 is 1.58 bits per heavy atom. The van der Waals surface area contributed by atoms with Crippen molar-refractivity contribution in [3.8, 4) is 16.3 Å². The molecule has 0 unspecified atom stereocenters. The van der Waals surface area contributed by atoms with Crippen LogP contribution in [0.4, 0.5) is 13.9 Å². The topological polar surface area (TPSA) is 98.2 Å². The molecule has 0 saturated heterocycles. The van der Waals surface area contributed by atoms with Gasteiger partial charge >= 0.3 is 10.1 Å². The van der Waals surface area contributed by atoms with E-state index in [1.54, 1.807) is 12.1 Å². The molecule has 0 aliphatic rings. The number of nitrogens with one attached hydrogen (secondary N) is 1. The van der Waals surface area contributed by atoms with Gasteiger partial charge in [0, 0.05) is 10.6 Å². The number of carbonyl (C=O) groups excluding carboxylic acids is 1. The standard InChI is InChI=1S/C21H12ClF2N3O4S2/c22-13-6-10-15(11-7-13)33(29,30)31-14-8-4-12(5-9-14)20-26-27-21(32-20)25-19(28)18-16(23)2-1-3-17(18)24/h1-11H,(H,25,27,28). The van der Waals surface area contributed by atoms with Crippen LogP contribution < -0.4 is 9.50 Å². The normalized spacial score (nSPS) is 11.2. The number of hydrogen-bond acceptors (Lipinski definition) is 7. The van der Waals surface area contributed by atoms with E-state index in [9.17, 15) is 22.0 Å². The van der Waals surface area contributed by atoms with Crippen LogP contribution in [0.25, 0.3) is 10.6 Å². The fourth-order valence-corrected chi connectivity index (χ4v) is 4.49. The van der Waals surface area contributed by atoms with Crippen molar-refractivity contribution in [1.82, 2.24) is 10.2 Å². The van der Waals surface area contributed by atoms with Crippen molar-refractivity contribution in [2.24, 2.45) is 0 Å². The van der Waals surface area contributed by atoms with Crippen LogP contribution in [0.15, 0.2) is 71.6 Å². The highest BCUT2D eigenvalue weighted by Gasteiger charge is 2.20. The lowest BCUT2D eigenvalue weighted by atomic mass is 10.2. The van der Waals surface area contributed by atoms with Crippen molar-refractivity contribution in [2.75, 3.05) is 5.32 Å². The van der Waals surface area contributed by atoms with Crippen molar-refractivity contribution in [2.45, 2.75) is 4.90 Å². The van der Waals surface area contributed by atoms with Gasteiger partial charge < -0.3 is 4.18 Å². The van der Waals surface area contributed by atoms with E-state index in [1.807, 2.05) is 0 Å². The van der Waals surface area contributed by atoms with Gasteiger partial charge in [-0.05, 0) is 60.7 Å². The number of nitrogens with zero attached hydrogens (tertiary/aromatic N) is 2. The maximum atomic E-state index is 13.8. The van der Waals surface area contributed by atoms with Crippen LogP contribution in [0.5, 0.6) is 5.75 Å². The molecule has 0 fully saturated rings. The summed E-state index contributed by atoms with van der Waals surface area (Å²) < 4.78 is 57.4. The summed E-state index contributed by atoms with van der Waals surface area (Å²) in [5.74, 6) is -2.92. The van der Waals surface area contributed by atoms with E-state index in [1.165, 1.54) is 36.4 Å². The van der Waals surface area contributed by atoms with Crippen LogP contribution in [0.1, 0.15) is 10.4 Å². The molecule has 1 amide bonds. The quantitative estimate of drug-likeness (QED) is 0.362. The molecule has 0 saturated carbocycles. The second kappa shape index (κ2) is 9.22. The molecule has 0 spiro atoms. The summed E-state index contributed by atoms with van der Waals surface area (Å²) in [6, 6.07) is 14.6. The van der Waals surface area contributed by atoms with Crippen LogP contribution in [0.3, 0.4) is 0 Å². The highest BCUT2D eigenvalue weighted by molar-refractivity contribution is 7.87.